The maximum atomic E-state index is 12.5. The number of alkyl carbamates (subject to hydrolysis) is 1. The van der Waals surface area contributed by atoms with E-state index in [-0.39, 0.29) is 18.9 Å². The van der Waals surface area contributed by atoms with Crippen molar-refractivity contribution >= 4 is 30.0 Å². The lowest BCUT2D eigenvalue weighted by molar-refractivity contribution is -0.121. The largest absolute Gasteiger partial charge is 0.450 e. The standard InChI is InChI=1S/C24H23N7O4S/c1-2-34-24(33)26-20(17-9-5-3-6-10-17)15-21(32)27-25-16-19-13-14-22(35-19)36-23-28-29-30-31(23)18-11-7-4-8-12-18/h3-14,16,20H,2,15H2,1H3,(H,26,33)(H,27,32)/b25-16-/t20-/m1/s1. The molecule has 0 bridgehead atoms. The molecule has 0 radical (unpaired) electrons. The van der Waals surface area contributed by atoms with Crippen molar-refractivity contribution in [3.05, 3.63) is 84.1 Å². The maximum Gasteiger partial charge on any atom is 0.407 e. The minimum Gasteiger partial charge on any atom is -0.450 e. The lowest BCUT2D eigenvalue weighted by Crippen LogP contribution is -2.33. The number of carbonyl (C=O) groups excluding carboxylic acids is 2. The summed E-state index contributed by atoms with van der Waals surface area (Å²) in [6.45, 7) is 1.94. The third-order valence-electron chi connectivity index (χ3n) is 4.78. The van der Waals surface area contributed by atoms with Gasteiger partial charge in [0, 0.05) is 0 Å². The molecule has 0 aliphatic rings. The van der Waals surface area contributed by atoms with Crippen LogP contribution in [0, 0.1) is 0 Å². The van der Waals surface area contributed by atoms with Crippen molar-refractivity contribution in [1.29, 1.82) is 0 Å². The summed E-state index contributed by atoms with van der Waals surface area (Å²) in [4.78, 5) is 24.4. The molecule has 0 fully saturated rings. The van der Waals surface area contributed by atoms with E-state index in [9.17, 15) is 9.59 Å². The summed E-state index contributed by atoms with van der Waals surface area (Å²) in [5.41, 5.74) is 4.06. The Kier molecular flexibility index (Phi) is 8.44. The minimum absolute atomic E-state index is 0.0262. The number of ether oxygens (including phenoxy) is 1. The fraction of sp³-hybridized carbons (Fsp3) is 0.167. The Morgan fingerprint density at radius 2 is 1.86 bits per heavy atom. The second-order valence-corrected chi connectivity index (χ2v) is 8.26. The molecular formula is C24H23N7O4S. The number of carbonyl (C=O) groups is 2. The summed E-state index contributed by atoms with van der Waals surface area (Å²) >= 11 is 1.25. The highest BCUT2D eigenvalue weighted by molar-refractivity contribution is 7.99. The highest BCUT2D eigenvalue weighted by Crippen LogP contribution is 2.28. The summed E-state index contributed by atoms with van der Waals surface area (Å²) in [7, 11) is 0. The van der Waals surface area contributed by atoms with E-state index in [1.807, 2.05) is 60.7 Å². The number of rotatable bonds is 10. The molecule has 36 heavy (non-hydrogen) atoms. The predicted molar refractivity (Wildman–Crippen MR) is 132 cm³/mol. The summed E-state index contributed by atoms with van der Waals surface area (Å²) in [5, 5.41) is 19.5. The average molecular weight is 506 g/mol. The van der Waals surface area contributed by atoms with E-state index in [1.165, 1.54) is 18.0 Å². The zero-order valence-corrected chi connectivity index (χ0v) is 20.1. The van der Waals surface area contributed by atoms with Crippen LogP contribution in [0.3, 0.4) is 0 Å². The van der Waals surface area contributed by atoms with Gasteiger partial charge in [-0.3, -0.25) is 4.79 Å². The molecule has 12 heteroatoms. The molecule has 0 saturated carbocycles. The normalized spacial score (nSPS) is 11.8. The van der Waals surface area contributed by atoms with Crippen LogP contribution < -0.4 is 10.7 Å². The van der Waals surface area contributed by atoms with E-state index in [1.54, 1.807) is 23.7 Å². The molecule has 0 spiro atoms. The zero-order valence-electron chi connectivity index (χ0n) is 19.3. The summed E-state index contributed by atoms with van der Waals surface area (Å²) in [6, 6.07) is 21.6. The van der Waals surface area contributed by atoms with Crippen LogP contribution in [0.15, 0.2) is 92.6 Å². The van der Waals surface area contributed by atoms with Crippen LogP contribution in [-0.4, -0.2) is 45.0 Å². The second kappa shape index (κ2) is 12.3. The molecule has 2 heterocycles. The van der Waals surface area contributed by atoms with Crippen molar-refractivity contribution in [2.24, 2.45) is 5.10 Å². The fourth-order valence-corrected chi connectivity index (χ4v) is 3.93. The zero-order chi connectivity index (χ0) is 25.2. The van der Waals surface area contributed by atoms with Crippen molar-refractivity contribution in [3.63, 3.8) is 0 Å². The Bertz CT molecular complexity index is 1310. The van der Waals surface area contributed by atoms with Crippen LogP contribution in [-0.2, 0) is 9.53 Å². The monoisotopic (exact) mass is 505 g/mol. The molecule has 11 nitrogen and oxygen atoms in total. The van der Waals surface area contributed by atoms with Crippen LogP contribution in [0.2, 0.25) is 0 Å². The number of furan rings is 1. The number of tetrazole rings is 1. The number of hydrazone groups is 1. The van der Waals surface area contributed by atoms with Crippen molar-refractivity contribution < 1.29 is 18.7 Å². The SMILES string of the molecule is CCOC(=O)N[C@H](CC(=O)N/N=C\c1ccc(Sc2nnnn2-c2ccccc2)o1)c1ccccc1. The van der Waals surface area contributed by atoms with Gasteiger partial charge in [-0.2, -0.15) is 9.78 Å². The van der Waals surface area contributed by atoms with E-state index in [0.717, 1.165) is 11.3 Å². The fourth-order valence-electron chi connectivity index (χ4n) is 3.17. The summed E-state index contributed by atoms with van der Waals surface area (Å²) in [6.07, 6.45) is 0.765. The molecule has 0 aliphatic carbocycles. The molecule has 0 saturated heterocycles. The molecule has 184 valence electrons. The van der Waals surface area contributed by atoms with Gasteiger partial charge >= 0.3 is 6.09 Å². The Morgan fingerprint density at radius 1 is 1.11 bits per heavy atom. The maximum absolute atomic E-state index is 12.5. The third kappa shape index (κ3) is 6.79. The van der Waals surface area contributed by atoms with E-state index in [0.29, 0.717) is 16.0 Å². The van der Waals surface area contributed by atoms with Crippen LogP contribution in [0.25, 0.3) is 5.69 Å². The highest BCUT2D eigenvalue weighted by atomic mass is 32.2. The number of hydrogen-bond donors (Lipinski definition) is 2. The van der Waals surface area contributed by atoms with Gasteiger partial charge in [0.1, 0.15) is 5.76 Å². The van der Waals surface area contributed by atoms with Gasteiger partial charge in [-0.05, 0) is 58.9 Å². The number of benzene rings is 2. The first-order chi connectivity index (χ1) is 17.6. The van der Waals surface area contributed by atoms with Gasteiger partial charge in [0.2, 0.25) is 11.1 Å². The predicted octanol–water partition coefficient (Wildman–Crippen LogP) is 3.73. The van der Waals surface area contributed by atoms with Crippen molar-refractivity contribution in [3.8, 4) is 5.69 Å². The molecule has 4 aromatic rings. The molecule has 2 aromatic heterocycles. The molecule has 1 atom stereocenters. The van der Waals surface area contributed by atoms with Gasteiger partial charge in [0.15, 0.2) is 5.09 Å². The number of hydrogen-bond acceptors (Lipinski definition) is 9. The third-order valence-corrected chi connectivity index (χ3v) is 5.63. The first-order valence-electron chi connectivity index (χ1n) is 11.0. The molecular weight excluding hydrogens is 482 g/mol. The van der Waals surface area contributed by atoms with Gasteiger partial charge in [-0.15, -0.1) is 5.10 Å². The van der Waals surface area contributed by atoms with Crippen LogP contribution >= 0.6 is 11.8 Å². The topological polar surface area (TPSA) is 137 Å². The number of amides is 2. The van der Waals surface area contributed by atoms with Gasteiger partial charge in [-0.25, -0.2) is 10.2 Å². The quantitative estimate of drug-likeness (QED) is 0.246. The molecule has 0 aliphatic heterocycles. The van der Waals surface area contributed by atoms with Gasteiger partial charge < -0.3 is 14.5 Å². The van der Waals surface area contributed by atoms with Gasteiger partial charge in [0.25, 0.3) is 0 Å². The smallest absolute Gasteiger partial charge is 0.407 e. The van der Waals surface area contributed by atoms with Crippen molar-refractivity contribution in [1.82, 2.24) is 30.9 Å². The van der Waals surface area contributed by atoms with E-state index >= 15 is 0 Å². The lowest BCUT2D eigenvalue weighted by Gasteiger charge is -2.17. The lowest BCUT2D eigenvalue weighted by atomic mass is 10.0. The molecule has 2 N–H and O–H groups in total. The van der Waals surface area contributed by atoms with Crippen molar-refractivity contribution in [2.45, 2.75) is 29.6 Å². The Morgan fingerprint density at radius 3 is 2.61 bits per heavy atom. The van der Waals surface area contributed by atoms with Crippen molar-refractivity contribution in [2.75, 3.05) is 6.61 Å². The number of aromatic nitrogens is 4. The number of nitrogens with zero attached hydrogens (tertiary/aromatic N) is 5. The van der Waals surface area contributed by atoms with Gasteiger partial charge in [0.05, 0.1) is 31.0 Å². The first kappa shape index (κ1) is 24.7. The van der Waals surface area contributed by atoms with E-state index in [4.69, 9.17) is 9.15 Å². The summed E-state index contributed by atoms with van der Waals surface area (Å²) in [5.74, 6) is 0.0425. The second-order valence-electron chi connectivity index (χ2n) is 7.29. The Balaban J connectivity index is 1.34. The van der Waals surface area contributed by atoms with Crippen LogP contribution in [0.5, 0.6) is 0 Å². The van der Waals surface area contributed by atoms with Crippen LogP contribution in [0.4, 0.5) is 4.79 Å². The molecule has 2 aromatic carbocycles. The van der Waals surface area contributed by atoms with Crippen LogP contribution in [0.1, 0.15) is 30.7 Å². The van der Waals surface area contributed by atoms with E-state index in [2.05, 4.69) is 31.4 Å². The molecule has 2 amide bonds. The van der Waals surface area contributed by atoms with Gasteiger partial charge in [-0.1, -0.05) is 48.5 Å². The van der Waals surface area contributed by atoms with E-state index < -0.39 is 12.1 Å². The molecule has 4 rings (SSSR count). The molecule has 0 unspecified atom stereocenters. The number of para-hydroxylation sites is 1. The minimum atomic E-state index is -0.596. The average Bonchev–Trinajstić information content (AvgIpc) is 3.54. The number of nitrogens with one attached hydrogen (secondary N) is 2. The Hall–Kier alpha value is -4.45. The highest BCUT2D eigenvalue weighted by Gasteiger charge is 2.19. The first-order valence-corrected chi connectivity index (χ1v) is 11.9. The Labute approximate surface area is 210 Å². The summed E-state index contributed by atoms with van der Waals surface area (Å²) < 4.78 is 12.3.